The Morgan fingerprint density at radius 1 is 0.947 bits per heavy atom. The number of carbonyl (C=O) groups excluding carboxylic acids is 2. The summed E-state index contributed by atoms with van der Waals surface area (Å²) in [6, 6.07) is 0.225. The molecule has 0 fully saturated rings. The van der Waals surface area contributed by atoms with E-state index in [0.717, 1.165) is 25.7 Å². The number of hydrogen-bond acceptors (Lipinski definition) is 2. The van der Waals surface area contributed by atoms with Crippen molar-refractivity contribution >= 4 is 11.7 Å². The van der Waals surface area contributed by atoms with Crippen LogP contribution in [-0.2, 0) is 9.59 Å². The Morgan fingerprint density at radius 3 is 1.95 bits per heavy atom. The molecule has 0 atom stereocenters. The standard InChI is InChI=1S/C16H31NO2/c1-13(2)17-15(19)11-9-7-6-8-10-14(18)12-16(3,4)5/h13H,6-12H2,1-5H3,(H,17,19). The highest BCUT2D eigenvalue weighted by Gasteiger charge is 2.15. The minimum atomic E-state index is 0.103. The molecule has 0 aliphatic heterocycles. The molecule has 0 aromatic heterocycles. The van der Waals surface area contributed by atoms with Crippen molar-refractivity contribution in [2.45, 2.75) is 85.6 Å². The number of ketones is 1. The monoisotopic (exact) mass is 269 g/mol. The molecule has 0 rings (SSSR count). The molecule has 0 aliphatic carbocycles. The predicted molar refractivity (Wildman–Crippen MR) is 80.1 cm³/mol. The molecule has 19 heavy (non-hydrogen) atoms. The third-order valence-corrected chi connectivity index (χ3v) is 2.79. The van der Waals surface area contributed by atoms with Crippen molar-refractivity contribution in [1.29, 1.82) is 0 Å². The van der Waals surface area contributed by atoms with Gasteiger partial charge in [-0.2, -0.15) is 0 Å². The maximum Gasteiger partial charge on any atom is 0.220 e. The summed E-state index contributed by atoms with van der Waals surface area (Å²) in [7, 11) is 0. The number of hydrogen-bond donors (Lipinski definition) is 1. The summed E-state index contributed by atoms with van der Waals surface area (Å²) < 4.78 is 0. The van der Waals surface area contributed by atoms with Crippen LogP contribution < -0.4 is 5.32 Å². The van der Waals surface area contributed by atoms with E-state index in [1.165, 1.54) is 0 Å². The first-order valence-electron chi connectivity index (χ1n) is 7.52. The number of carbonyl (C=O) groups is 2. The van der Waals surface area contributed by atoms with Gasteiger partial charge in [0.1, 0.15) is 5.78 Å². The van der Waals surface area contributed by atoms with Gasteiger partial charge in [0.15, 0.2) is 0 Å². The Hall–Kier alpha value is -0.860. The minimum Gasteiger partial charge on any atom is -0.354 e. The van der Waals surface area contributed by atoms with Gasteiger partial charge in [-0.3, -0.25) is 9.59 Å². The van der Waals surface area contributed by atoms with E-state index >= 15 is 0 Å². The molecule has 0 bridgehead atoms. The van der Waals surface area contributed by atoms with E-state index in [9.17, 15) is 9.59 Å². The summed E-state index contributed by atoms with van der Waals surface area (Å²) in [5.41, 5.74) is 0.103. The van der Waals surface area contributed by atoms with Gasteiger partial charge >= 0.3 is 0 Å². The van der Waals surface area contributed by atoms with E-state index in [1.807, 2.05) is 13.8 Å². The summed E-state index contributed by atoms with van der Waals surface area (Å²) in [6.45, 7) is 10.2. The molecule has 1 N–H and O–H groups in total. The Labute approximate surface area is 118 Å². The summed E-state index contributed by atoms with van der Waals surface area (Å²) in [4.78, 5) is 23.0. The first kappa shape index (κ1) is 18.1. The summed E-state index contributed by atoms with van der Waals surface area (Å²) in [5, 5.41) is 2.88. The van der Waals surface area contributed by atoms with Gasteiger partial charge in [0.25, 0.3) is 0 Å². The Bertz CT molecular complexity index is 277. The zero-order chi connectivity index (χ0) is 14.9. The van der Waals surface area contributed by atoms with Crippen LogP contribution >= 0.6 is 0 Å². The molecule has 0 saturated carbocycles. The average molecular weight is 269 g/mol. The molecule has 0 unspecified atom stereocenters. The maximum absolute atomic E-state index is 11.7. The minimum absolute atomic E-state index is 0.103. The van der Waals surface area contributed by atoms with Gasteiger partial charge < -0.3 is 5.32 Å². The quantitative estimate of drug-likeness (QED) is 0.646. The Balaban J connectivity index is 3.46. The molecule has 0 aromatic carbocycles. The number of nitrogens with one attached hydrogen (secondary N) is 1. The average Bonchev–Trinajstić information content (AvgIpc) is 2.19. The summed E-state index contributed by atoms with van der Waals surface area (Å²) >= 11 is 0. The molecule has 0 aromatic rings. The highest BCUT2D eigenvalue weighted by Crippen LogP contribution is 2.20. The maximum atomic E-state index is 11.7. The van der Waals surface area contributed by atoms with E-state index in [-0.39, 0.29) is 17.4 Å². The second kappa shape index (κ2) is 9.11. The lowest BCUT2D eigenvalue weighted by molar-refractivity contribution is -0.122. The highest BCUT2D eigenvalue weighted by atomic mass is 16.1. The molecule has 0 aliphatic rings. The van der Waals surface area contributed by atoms with Crippen molar-refractivity contribution in [3.8, 4) is 0 Å². The fraction of sp³-hybridized carbons (Fsp3) is 0.875. The van der Waals surface area contributed by atoms with Crippen LogP contribution in [0.3, 0.4) is 0 Å². The lowest BCUT2D eigenvalue weighted by Gasteiger charge is -2.16. The molecule has 0 radical (unpaired) electrons. The first-order chi connectivity index (χ1) is 8.70. The van der Waals surface area contributed by atoms with E-state index in [1.54, 1.807) is 0 Å². The van der Waals surface area contributed by atoms with Crippen molar-refractivity contribution in [3.63, 3.8) is 0 Å². The molecule has 1 amide bonds. The van der Waals surface area contributed by atoms with Crippen LogP contribution in [0.5, 0.6) is 0 Å². The van der Waals surface area contributed by atoms with Gasteiger partial charge in [0, 0.05) is 25.3 Å². The van der Waals surface area contributed by atoms with Crippen molar-refractivity contribution in [1.82, 2.24) is 5.32 Å². The highest BCUT2D eigenvalue weighted by molar-refractivity contribution is 5.78. The van der Waals surface area contributed by atoms with E-state index in [4.69, 9.17) is 0 Å². The van der Waals surface area contributed by atoms with Gasteiger partial charge in [-0.15, -0.1) is 0 Å². The van der Waals surface area contributed by atoms with E-state index in [0.29, 0.717) is 25.0 Å². The number of unbranched alkanes of at least 4 members (excludes halogenated alkanes) is 3. The largest absolute Gasteiger partial charge is 0.354 e. The summed E-state index contributed by atoms with van der Waals surface area (Å²) in [6.07, 6.45) is 5.93. The zero-order valence-electron chi connectivity index (χ0n) is 13.3. The lowest BCUT2D eigenvalue weighted by atomic mass is 9.88. The van der Waals surface area contributed by atoms with Crippen LogP contribution in [0, 0.1) is 5.41 Å². The first-order valence-corrected chi connectivity index (χ1v) is 7.52. The molecular weight excluding hydrogens is 238 g/mol. The summed E-state index contributed by atoms with van der Waals surface area (Å²) in [5.74, 6) is 0.504. The molecule has 3 heteroatoms. The number of amides is 1. The SMILES string of the molecule is CC(C)NC(=O)CCCCCCC(=O)CC(C)(C)C. The van der Waals surface area contributed by atoms with Gasteiger partial charge in [-0.25, -0.2) is 0 Å². The topological polar surface area (TPSA) is 46.2 Å². The van der Waals surface area contributed by atoms with Crippen molar-refractivity contribution in [2.75, 3.05) is 0 Å². The Morgan fingerprint density at radius 2 is 1.47 bits per heavy atom. The fourth-order valence-corrected chi connectivity index (χ4v) is 2.04. The number of rotatable bonds is 9. The van der Waals surface area contributed by atoms with Crippen LogP contribution in [-0.4, -0.2) is 17.7 Å². The molecule has 112 valence electrons. The van der Waals surface area contributed by atoms with E-state index in [2.05, 4.69) is 26.1 Å². The normalized spacial score (nSPS) is 11.7. The van der Waals surface area contributed by atoms with Crippen LogP contribution in [0.2, 0.25) is 0 Å². The third kappa shape index (κ3) is 13.4. The lowest BCUT2D eigenvalue weighted by Crippen LogP contribution is -2.29. The van der Waals surface area contributed by atoms with Gasteiger partial charge in [-0.1, -0.05) is 33.6 Å². The molecule has 0 saturated heterocycles. The Kier molecular flexibility index (Phi) is 8.70. The smallest absolute Gasteiger partial charge is 0.220 e. The van der Waals surface area contributed by atoms with Crippen LogP contribution in [0.25, 0.3) is 0 Å². The van der Waals surface area contributed by atoms with Crippen LogP contribution in [0.1, 0.15) is 79.6 Å². The van der Waals surface area contributed by atoms with Gasteiger partial charge in [0.2, 0.25) is 5.91 Å². The number of Topliss-reactive ketones (excluding diaryl/α,β-unsaturated/α-hetero) is 1. The van der Waals surface area contributed by atoms with Crippen molar-refractivity contribution < 1.29 is 9.59 Å². The zero-order valence-corrected chi connectivity index (χ0v) is 13.3. The molecule has 0 spiro atoms. The molecule has 0 heterocycles. The van der Waals surface area contributed by atoms with Crippen LogP contribution in [0.4, 0.5) is 0 Å². The van der Waals surface area contributed by atoms with E-state index < -0.39 is 0 Å². The molecule has 3 nitrogen and oxygen atoms in total. The predicted octanol–water partition coefficient (Wildman–Crippen LogP) is 3.86. The van der Waals surface area contributed by atoms with Crippen LogP contribution in [0.15, 0.2) is 0 Å². The van der Waals surface area contributed by atoms with Gasteiger partial charge in [-0.05, 0) is 32.1 Å². The molecular formula is C16H31NO2. The third-order valence-electron chi connectivity index (χ3n) is 2.79. The second-order valence-corrected chi connectivity index (χ2v) is 6.91. The van der Waals surface area contributed by atoms with Crippen molar-refractivity contribution in [3.05, 3.63) is 0 Å². The van der Waals surface area contributed by atoms with Gasteiger partial charge in [0.05, 0.1) is 0 Å². The van der Waals surface area contributed by atoms with Crippen molar-refractivity contribution in [2.24, 2.45) is 5.41 Å². The fourth-order valence-electron chi connectivity index (χ4n) is 2.04. The second-order valence-electron chi connectivity index (χ2n) is 6.91.